The van der Waals surface area contributed by atoms with Crippen LogP contribution in [0.2, 0.25) is 5.02 Å². The fourth-order valence-electron chi connectivity index (χ4n) is 2.11. The number of hydrogen-bond donors (Lipinski definition) is 2. The van der Waals surface area contributed by atoms with Gasteiger partial charge in [-0.2, -0.15) is 0 Å². The average molecular weight is 240 g/mol. The largest absolute Gasteiger partial charge is 0.360 e. The zero-order chi connectivity index (χ0) is 11.9. The molecule has 1 aromatic carbocycles. The molecule has 0 aromatic heterocycles. The van der Waals surface area contributed by atoms with Gasteiger partial charge in [-0.3, -0.25) is 4.79 Å². The summed E-state index contributed by atoms with van der Waals surface area (Å²) in [6.45, 7) is 2.26. The maximum absolute atomic E-state index is 11.7. The Kier molecular flexibility index (Phi) is 2.78. The first-order valence-corrected chi connectivity index (χ1v) is 5.46. The molecule has 16 heavy (non-hydrogen) atoms. The number of rotatable bonds is 1. The fourth-order valence-corrected chi connectivity index (χ4v) is 2.38. The summed E-state index contributed by atoms with van der Waals surface area (Å²) in [4.78, 5) is 13.6. The van der Waals surface area contributed by atoms with E-state index < -0.39 is 0 Å². The van der Waals surface area contributed by atoms with Crippen LogP contribution in [0.1, 0.15) is 5.56 Å². The van der Waals surface area contributed by atoms with E-state index in [9.17, 15) is 4.79 Å². The van der Waals surface area contributed by atoms with Gasteiger partial charge < -0.3 is 16.0 Å². The first kappa shape index (κ1) is 11.2. The quantitative estimate of drug-likeness (QED) is 0.778. The highest BCUT2D eigenvalue weighted by atomic mass is 35.5. The normalized spacial score (nSPS) is 19.4. The first-order chi connectivity index (χ1) is 7.54. The Morgan fingerprint density at radius 3 is 2.88 bits per heavy atom. The lowest BCUT2D eigenvalue weighted by atomic mass is 10.1. The van der Waals surface area contributed by atoms with E-state index in [1.54, 1.807) is 6.07 Å². The Labute approximate surface area is 99.4 Å². The number of anilines is 2. The van der Waals surface area contributed by atoms with E-state index in [-0.39, 0.29) is 11.9 Å². The molecule has 0 radical (unpaired) electrons. The van der Waals surface area contributed by atoms with Crippen molar-refractivity contribution < 1.29 is 4.79 Å². The molecule has 3 N–H and O–H groups in total. The summed E-state index contributed by atoms with van der Waals surface area (Å²) < 4.78 is 0. The molecule has 5 heteroatoms. The molecule has 1 heterocycles. The third-order valence-electron chi connectivity index (χ3n) is 2.87. The number of nitrogens with one attached hydrogen (secondary N) is 1. The number of nitrogens with two attached hydrogens (primary N) is 1. The molecule has 2 rings (SSSR count). The summed E-state index contributed by atoms with van der Waals surface area (Å²) in [5.74, 6) is -0.0841. The van der Waals surface area contributed by atoms with Crippen molar-refractivity contribution in [3.63, 3.8) is 0 Å². The van der Waals surface area contributed by atoms with Gasteiger partial charge in [-0.15, -0.1) is 0 Å². The van der Waals surface area contributed by atoms with E-state index in [4.69, 9.17) is 17.3 Å². The zero-order valence-electron chi connectivity index (χ0n) is 9.25. The van der Waals surface area contributed by atoms with Gasteiger partial charge in [0.2, 0.25) is 5.91 Å². The summed E-state index contributed by atoms with van der Waals surface area (Å²) in [7, 11) is 1.87. The summed E-state index contributed by atoms with van der Waals surface area (Å²) in [6, 6.07) is 3.32. The van der Waals surface area contributed by atoms with E-state index in [2.05, 4.69) is 5.32 Å². The van der Waals surface area contributed by atoms with Gasteiger partial charge in [0.05, 0.1) is 11.4 Å². The Balaban J connectivity index is 2.55. The molecule has 1 aromatic rings. The van der Waals surface area contributed by atoms with Crippen LogP contribution in [0.5, 0.6) is 0 Å². The smallest absolute Gasteiger partial charge is 0.248 e. The molecular formula is C11H14ClN3O. The van der Waals surface area contributed by atoms with E-state index in [0.29, 0.717) is 11.6 Å². The fraction of sp³-hybridized carbons (Fsp3) is 0.364. The number of halogens is 1. The standard InChI is InChI=1S/C11H14ClN3O/c1-6-3-7(12)4-8-10(6)15(2)9(5-13)11(16)14-8/h3-4,9H,5,13H2,1-2H3,(H,14,16). The third kappa shape index (κ3) is 1.64. The second kappa shape index (κ2) is 3.96. The van der Waals surface area contributed by atoms with Crippen molar-refractivity contribution in [3.8, 4) is 0 Å². The molecule has 0 saturated heterocycles. The number of hydrogen-bond acceptors (Lipinski definition) is 3. The van der Waals surface area contributed by atoms with Crippen molar-refractivity contribution in [1.29, 1.82) is 0 Å². The SMILES string of the molecule is Cc1cc(Cl)cc2c1N(C)C(CN)C(=O)N2. The highest BCUT2D eigenvalue weighted by Gasteiger charge is 2.30. The summed E-state index contributed by atoms with van der Waals surface area (Å²) in [6.07, 6.45) is 0. The molecule has 1 amide bonds. The summed E-state index contributed by atoms with van der Waals surface area (Å²) in [5.41, 5.74) is 8.36. The van der Waals surface area contributed by atoms with Crippen molar-refractivity contribution in [3.05, 3.63) is 22.7 Å². The van der Waals surface area contributed by atoms with Gasteiger partial charge in [-0.1, -0.05) is 11.6 Å². The number of carbonyl (C=O) groups is 1. The van der Waals surface area contributed by atoms with Crippen molar-refractivity contribution in [2.24, 2.45) is 5.73 Å². The molecule has 86 valence electrons. The van der Waals surface area contributed by atoms with E-state index in [0.717, 1.165) is 16.9 Å². The summed E-state index contributed by atoms with van der Waals surface area (Å²) >= 11 is 5.95. The van der Waals surface area contributed by atoms with Crippen molar-refractivity contribution in [2.75, 3.05) is 23.8 Å². The number of aryl methyl sites for hydroxylation is 1. The molecule has 4 nitrogen and oxygen atoms in total. The molecule has 1 atom stereocenters. The number of nitrogens with zero attached hydrogens (tertiary/aromatic N) is 1. The molecule has 1 unspecified atom stereocenters. The van der Waals surface area contributed by atoms with Crippen molar-refractivity contribution in [2.45, 2.75) is 13.0 Å². The average Bonchev–Trinajstić information content (AvgIpc) is 2.15. The van der Waals surface area contributed by atoms with Gasteiger partial charge in [-0.25, -0.2) is 0 Å². The van der Waals surface area contributed by atoms with Gasteiger partial charge in [0.15, 0.2) is 0 Å². The molecule has 0 aliphatic carbocycles. The van der Waals surface area contributed by atoms with Crippen LogP contribution < -0.4 is 16.0 Å². The Hall–Kier alpha value is -1.26. The molecule has 1 aliphatic rings. The molecule has 0 saturated carbocycles. The Bertz CT molecular complexity index is 447. The number of likely N-dealkylation sites (N-methyl/N-ethyl adjacent to an activating group) is 1. The van der Waals surface area contributed by atoms with Gasteiger partial charge in [0, 0.05) is 18.6 Å². The van der Waals surface area contributed by atoms with Crippen LogP contribution in [-0.2, 0) is 4.79 Å². The van der Waals surface area contributed by atoms with E-state index in [1.165, 1.54) is 0 Å². The Morgan fingerprint density at radius 1 is 1.56 bits per heavy atom. The van der Waals surface area contributed by atoms with Crippen LogP contribution >= 0.6 is 11.6 Å². The molecule has 0 spiro atoms. The van der Waals surface area contributed by atoms with Gasteiger partial charge >= 0.3 is 0 Å². The molecule has 0 bridgehead atoms. The van der Waals surface area contributed by atoms with Crippen molar-refractivity contribution >= 4 is 28.9 Å². The number of amides is 1. The maximum Gasteiger partial charge on any atom is 0.248 e. The second-order valence-corrected chi connectivity index (χ2v) is 4.41. The van der Waals surface area contributed by atoms with E-state index in [1.807, 2.05) is 24.9 Å². The lowest BCUT2D eigenvalue weighted by Crippen LogP contribution is -2.50. The topological polar surface area (TPSA) is 58.4 Å². The van der Waals surface area contributed by atoms with Crippen LogP contribution in [0, 0.1) is 6.92 Å². The number of fused-ring (bicyclic) bond motifs is 1. The van der Waals surface area contributed by atoms with E-state index >= 15 is 0 Å². The predicted molar refractivity (Wildman–Crippen MR) is 66.1 cm³/mol. The first-order valence-electron chi connectivity index (χ1n) is 5.08. The minimum absolute atomic E-state index is 0.0841. The lowest BCUT2D eigenvalue weighted by molar-refractivity contribution is -0.117. The summed E-state index contributed by atoms with van der Waals surface area (Å²) in [5, 5.41) is 3.45. The minimum Gasteiger partial charge on any atom is -0.360 e. The van der Waals surface area contributed by atoms with Crippen LogP contribution in [0.3, 0.4) is 0 Å². The monoisotopic (exact) mass is 239 g/mol. The van der Waals surface area contributed by atoms with Crippen molar-refractivity contribution in [1.82, 2.24) is 0 Å². The molecule has 0 fully saturated rings. The van der Waals surface area contributed by atoms with Crippen LogP contribution in [0.15, 0.2) is 12.1 Å². The predicted octanol–water partition coefficient (Wildman–Crippen LogP) is 1.36. The van der Waals surface area contributed by atoms with Crippen LogP contribution in [-0.4, -0.2) is 25.5 Å². The Morgan fingerprint density at radius 2 is 2.25 bits per heavy atom. The maximum atomic E-state index is 11.7. The number of carbonyl (C=O) groups excluding carboxylic acids is 1. The molecule has 1 aliphatic heterocycles. The van der Waals surface area contributed by atoms with Gasteiger partial charge in [0.25, 0.3) is 0 Å². The highest BCUT2D eigenvalue weighted by Crippen LogP contribution is 2.36. The molecular weight excluding hydrogens is 226 g/mol. The lowest BCUT2D eigenvalue weighted by Gasteiger charge is -2.35. The van der Waals surface area contributed by atoms with Gasteiger partial charge in [-0.05, 0) is 24.6 Å². The second-order valence-electron chi connectivity index (χ2n) is 3.97. The third-order valence-corrected chi connectivity index (χ3v) is 3.09. The number of benzene rings is 1. The zero-order valence-corrected chi connectivity index (χ0v) is 10.0. The van der Waals surface area contributed by atoms with Gasteiger partial charge in [0.1, 0.15) is 6.04 Å². The van der Waals surface area contributed by atoms with Crippen LogP contribution in [0.4, 0.5) is 11.4 Å². The minimum atomic E-state index is -0.313. The highest BCUT2D eigenvalue weighted by molar-refractivity contribution is 6.31. The van der Waals surface area contributed by atoms with Crippen LogP contribution in [0.25, 0.3) is 0 Å².